The first kappa shape index (κ1) is 33.0. The van der Waals surface area contributed by atoms with Gasteiger partial charge in [0.1, 0.15) is 30.6 Å². The maximum atomic E-state index is 15.1. The van der Waals surface area contributed by atoms with E-state index in [0.29, 0.717) is 47.2 Å². The molecular weight excluding hydrogens is 647 g/mol. The van der Waals surface area contributed by atoms with Crippen LogP contribution >= 0.6 is 23.2 Å². The van der Waals surface area contributed by atoms with Crippen LogP contribution < -0.4 is 20.1 Å². The van der Waals surface area contributed by atoms with Gasteiger partial charge in [-0.15, -0.1) is 0 Å². The van der Waals surface area contributed by atoms with Crippen molar-refractivity contribution < 1.29 is 27.8 Å². The normalized spacial score (nSPS) is 17.7. The van der Waals surface area contributed by atoms with Crippen molar-refractivity contribution in [2.45, 2.75) is 44.8 Å². The first-order chi connectivity index (χ1) is 22.7. The molecule has 2 fully saturated rings. The van der Waals surface area contributed by atoms with Crippen LogP contribution in [0.15, 0.2) is 66.7 Å². The quantitative estimate of drug-likeness (QED) is 0.165. The first-order valence-electron chi connectivity index (χ1n) is 15.7. The summed E-state index contributed by atoms with van der Waals surface area (Å²) in [5.41, 5.74) is 1.63. The predicted molar refractivity (Wildman–Crippen MR) is 178 cm³/mol. The number of benzene rings is 4. The molecule has 2 unspecified atom stereocenters. The van der Waals surface area contributed by atoms with Gasteiger partial charge in [-0.25, -0.2) is 8.78 Å². The molecule has 1 aliphatic carbocycles. The van der Waals surface area contributed by atoms with Crippen molar-refractivity contribution in [3.63, 3.8) is 0 Å². The van der Waals surface area contributed by atoms with Gasteiger partial charge in [-0.05, 0) is 79.6 Å². The summed E-state index contributed by atoms with van der Waals surface area (Å²) < 4.78 is 40.9. The molecule has 1 heterocycles. The number of amides is 2. The van der Waals surface area contributed by atoms with Crippen molar-refractivity contribution in [3.8, 4) is 11.5 Å². The third-order valence-corrected chi connectivity index (χ3v) is 9.18. The predicted octanol–water partition coefficient (Wildman–Crippen LogP) is 7.09. The maximum absolute atomic E-state index is 15.1. The fourth-order valence-electron chi connectivity index (χ4n) is 6.07. The summed E-state index contributed by atoms with van der Waals surface area (Å²) >= 11 is 12.4. The molecule has 0 aromatic heterocycles. The Labute approximate surface area is 282 Å². The van der Waals surface area contributed by atoms with E-state index in [9.17, 15) is 14.0 Å². The van der Waals surface area contributed by atoms with Crippen LogP contribution in [0.4, 0.5) is 8.78 Å². The van der Waals surface area contributed by atoms with Gasteiger partial charge in [0.25, 0.3) is 5.91 Å². The zero-order chi connectivity index (χ0) is 33.1. The molecule has 246 valence electrons. The van der Waals surface area contributed by atoms with Crippen molar-refractivity contribution in [2.24, 2.45) is 5.92 Å². The molecule has 0 radical (unpaired) electrons. The SMILES string of the molecule is Cc1cc(Cl)c(OCCOc2ccc(C(=O)NC3CCNCC3C(=O)N(Cc3ccc(F)c4ccccc34)C3CC3)c(F)c2)c(Cl)c1. The van der Waals surface area contributed by atoms with Gasteiger partial charge < -0.3 is 25.0 Å². The molecule has 7 nitrogen and oxygen atoms in total. The standard InChI is InChI=1S/C36H35Cl2F2N3O4/c1-21-16-29(37)34(30(38)17-21)47-15-14-46-24-9-10-27(32(40)18-24)35(44)42-33-12-13-41-19-28(33)36(45)43(23-7-8-23)20-22-6-11-31(39)26-5-3-2-4-25(22)26/h2-6,9-11,16-18,23,28,33,41H,7-8,12-15,19-20H2,1H3,(H,42,44). The lowest BCUT2D eigenvalue weighted by atomic mass is 9.91. The van der Waals surface area contributed by atoms with Crippen LogP contribution in [-0.4, -0.2) is 55.1 Å². The Hall–Kier alpha value is -3.92. The number of fused-ring (bicyclic) bond motifs is 1. The first-order valence-corrected chi connectivity index (χ1v) is 16.4. The van der Waals surface area contributed by atoms with Gasteiger partial charge in [0, 0.05) is 36.6 Å². The highest BCUT2D eigenvalue weighted by Gasteiger charge is 2.40. The van der Waals surface area contributed by atoms with Crippen LogP contribution in [0.25, 0.3) is 10.8 Å². The molecule has 2 atom stereocenters. The molecule has 1 saturated carbocycles. The second-order valence-electron chi connectivity index (χ2n) is 12.0. The lowest BCUT2D eigenvalue weighted by molar-refractivity contribution is -0.138. The van der Waals surface area contributed by atoms with Crippen LogP contribution in [0.1, 0.15) is 40.7 Å². The van der Waals surface area contributed by atoms with E-state index < -0.39 is 23.7 Å². The zero-order valence-corrected chi connectivity index (χ0v) is 27.3. The van der Waals surface area contributed by atoms with E-state index in [1.165, 1.54) is 18.2 Å². The zero-order valence-electron chi connectivity index (χ0n) is 25.8. The van der Waals surface area contributed by atoms with Gasteiger partial charge in [0.05, 0.1) is 21.5 Å². The number of hydrogen-bond acceptors (Lipinski definition) is 5. The smallest absolute Gasteiger partial charge is 0.254 e. The Morgan fingerprint density at radius 1 is 0.915 bits per heavy atom. The minimum Gasteiger partial charge on any atom is -0.490 e. The monoisotopic (exact) mass is 681 g/mol. The van der Waals surface area contributed by atoms with E-state index in [-0.39, 0.29) is 42.3 Å². The summed E-state index contributed by atoms with van der Waals surface area (Å²) in [7, 11) is 0. The molecule has 2 amide bonds. The Bertz CT molecular complexity index is 1780. The Kier molecular flexibility index (Phi) is 10.2. The van der Waals surface area contributed by atoms with Crippen molar-refractivity contribution in [2.75, 3.05) is 26.3 Å². The highest BCUT2D eigenvalue weighted by atomic mass is 35.5. The average Bonchev–Trinajstić information content (AvgIpc) is 3.89. The van der Waals surface area contributed by atoms with E-state index in [0.717, 1.165) is 35.4 Å². The second-order valence-corrected chi connectivity index (χ2v) is 12.8. The minimum absolute atomic E-state index is 0.0851. The van der Waals surface area contributed by atoms with Gasteiger partial charge in [-0.1, -0.05) is 53.5 Å². The molecule has 11 heteroatoms. The average molecular weight is 683 g/mol. The number of nitrogens with one attached hydrogen (secondary N) is 2. The molecule has 2 N–H and O–H groups in total. The largest absolute Gasteiger partial charge is 0.490 e. The van der Waals surface area contributed by atoms with Crippen LogP contribution in [0.3, 0.4) is 0 Å². The fraction of sp³-hybridized carbons (Fsp3) is 0.333. The van der Waals surface area contributed by atoms with E-state index in [1.54, 1.807) is 30.3 Å². The van der Waals surface area contributed by atoms with Crippen LogP contribution in [0, 0.1) is 24.5 Å². The summed E-state index contributed by atoms with van der Waals surface area (Å²) in [6, 6.07) is 17.5. The number of hydrogen-bond donors (Lipinski definition) is 2. The van der Waals surface area contributed by atoms with Gasteiger partial charge in [-0.3, -0.25) is 9.59 Å². The third-order valence-electron chi connectivity index (χ3n) is 8.61. The van der Waals surface area contributed by atoms with Gasteiger partial charge >= 0.3 is 0 Å². The maximum Gasteiger partial charge on any atom is 0.254 e. The summed E-state index contributed by atoms with van der Waals surface area (Å²) in [6.07, 6.45) is 2.29. The number of ether oxygens (including phenoxy) is 2. The van der Waals surface area contributed by atoms with Crippen molar-refractivity contribution >= 4 is 45.8 Å². The van der Waals surface area contributed by atoms with Gasteiger partial charge in [-0.2, -0.15) is 0 Å². The van der Waals surface area contributed by atoms with E-state index in [1.807, 2.05) is 24.0 Å². The number of carbonyl (C=O) groups excluding carboxylic acids is 2. The number of rotatable bonds is 11. The molecular formula is C36H35Cl2F2N3O4. The summed E-state index contributed by atoms with van der Waals surface area (Å²) in [5, 5.41) is 8.25. The summed E-state index contributed by atoms with van der Waals surface area (Å²) in [6.45, 7) is 3.41. The van der Waals surface area contributed by atoms with Crippen LogP contribution in [-0.2, 0) is 11.3 Å². The van der Waals surface area contributed by atoms with Gasteiger partial charge in [0.15, 0.2) is 5.75 Å². The number of halogens is 4. The van der Waals surface area contributed by atoms with Gasteiger partial charge in [0.2, 0.25) is 5.91 Å². The van der Waals surface area contributed by atoms with E-state index in [4.69, 9.17) is 32.7 Å². The van der Waals surface area contributed by atoms with E-state index in [2.05, 4.69) is 10.6 Å². The van der Waals surface area contributed by atoms with E-state index >= 15 is 4.39 Å². The molecule has 0 spiro atoms. The number of carbonyl (C=O) groups is 2. The minimum atomic E-state index is -0.745. The van der Waals surface area contributed by atoms with Crippen LogP contribution in [0.5, 0.6) is 11.5 Å². The number of aryl methyl sites for hydroxylation is 1. The Balaban J connectivity index is 1.09. The van der Waals surface area contributed by atoms with Crippen molar-refractivity contribution in [1.82, 2.24) is 15.5 Å². The molecule has 2 aliphatic rings. The van der Waals surface area contributed by atoms with Crippen LogP contribution in [0.2, 0.25) is 10.0 Å². The molecule has 6 rings (SSSR count). The lowest BCUT2D eigenvalue weighted by Crippen LogP contribution is -2.55. The highest BCUT2D eigenvalue weighted by molar-refractivity contribution is 6.37. The number of nitrogens with zero attached hydrogens (tertiary/aromatic N) is 1. The molecule has 4 aromatic carbocycles. The molecule has 1 aliphatic heterocycles. The second kappa shape index (κ2) is 14.5. The highest BCUT2D eigenvalue weighted by Crippen LogP contribution is 2.35. The fourth-order valence-corrected chi connectivity index (χ4v) is 6.77. The Morgan fingerprint density at radius 3 is 2.36 bits per heavy atom. The third kappa shape index (κ3) is 7.64. The lowest BCUT2D eigenvalue weighted by Gasteiger charge is -2.36. The summed E-state index contributed by atoms with van der Waals surface area (Å²) in [4.78, 5) is 29.2. The Morgan fingerprint density at radius 2 is 1.64 bits per heavy atom. The molecule has 1 saturated heterocycles. The molecule has 47 heavy (non-hydrogen) atoms. The molecule has 4 aromatic rings. The summed E-state index contributed by atoms with van der Waals surface area (Å²) in [5.74, 6) is -1.70. The van der Waals surface area contributed by atoms with Crippen molar-refractivity contribution in [3.05, 3.63) is 105 Å². The van der Waals surface area contributed by atoms with Crippen molar-refractivity contribution in [1.29, 1.82) is 0 Å². The number of piperidine rings is 1. The molecule has 0 bridgehead atoms. The topological polar surface area (TPSA) is 79.9 Å².